The molecule has 0 aliphatic rings. The summed E-state index contributed by atoms with van der Waals surface area (Å²) in [4.78, 5) is 10.3. The van der Waals surface area contributed by atoms with Crippen LogP contribution in [0, 0.1) is 0 Å². The van der Waals surface area contributed by atoms with Gasteiger partial charge in [0.15, 0.2) is 0 Å². The van der Waals surface area contributed by atoms with Crippen LogP contribution in [0.1, 0.15) is 6.42 Å². The van der Waals surface area contributed by atoms with Crippen molar-refractivity contribution in [3.63, 3.8) is 0 Å². The van der Waals surface area contributed by atoms with E-state index in [4.69, 9.17) is 5.11 Å². The van der Waals surface area contributed by atoms with Crippen molar-refractivity contribution in [3.05, 3.63) is 24.8 Å². The predicted molar refractivity (Wildman–Crippen MR) is 49.4 cm³/mol. The first kappa shape index (κ1) is 9.68. The molecule has 0 aromatic heterocycles. The third-order valence-electron chi connectivity index (χ3n) is 1.03. The normalized spacial score (nSPS) is 12.1. The highest BCUT2D eigenvalue weighted by Gasteiger charge is 2.12. The number of hydrogen-bond donors (Lipinski definition) is 1. The minimum absolute atomic E-state index is 0.0346. The number of carbonyl (C=O) groups is 1. The number of carboxylic acid groups (broad SMARTS) is 1. The monoisotopic (exact) mass is 252 g/mol. The molecule has 0 saturated carbocycles. The number of hydrogen-bond acceptors (Lipinski definition) is 1. The van der Waals surface area contributed by atoms with Crippen LogP contribution in [0.2, 0.25) is 0 Å². The first-order chi connectivity index (χ1) is 4.59. The molecular weight excluding hydrogens is 243 g/mol. The fourth-order valence-electron chi connectivity index (χ4n) is 0.423. The van der Waals surface area contributed by atoms with Gasteiger partial charge in [0.2, 0.25) is 0 Å². The number of aliphatic carboxylic acids is 1. The molecule has 1 atom stereocenters. The molecule has 3 heteroatoms. The van der Waals surface area contributed by atoms with Crippen LogP contribution < -0.4 is 0 Å². The van der Waals surface area contributed by atoms with Crippen molar-refractivity contribution in [2.75, 3.05) is 0 Å². The number of halogens is 1. The van der Waals surface area contributed by atoms with E-state index in [0.717, 1.165) is 0 Å². The van der Waals surface area contributed by atoms with Crippen LogP contribution in [0.15, 0.2) is 24.8 Å². The van der Waals surface area contributed by atoms with Gasteiger partial charge in [-0.2, -0.15) is 0 Å². The molecule has 0 heterocycles. The first-order valence-corrected chi connectivity index (χ1v) is 4.01. The van der Waals surface area contributed by atoms with Gasteiger partial charge in [-0.05, 0) is 6.42 Å². The van der Waals surface area contributed by atoms with Crippen molar-refractivity contribution in [3.8, 4) is 0 Å². The smallest absolute Gasteiger partial charge is 0.332 e. The van der Waals surface area contributed by atoms with E-state index in [2.05, 4.69) is 13.2 Å². The SMILES string of the molecule is C=CCC(I)C(=C)C(=O)O. The van der Waals surface area contributed by atoms with Gasteiger partial charge in [0.05, 0.1) is 0 Å². The Bertz CT molecular complexity index is 163. The minimum atomic E-state index is -0.929. The summed E-state index contributed by atoms with van der Waals surface area (Å²) >= 11 is 2.03. The molecule has 2 nitrogen and oxygen atoms in total. The largest absolute Gasteiger partial charge is 0.478 e. The molecule has 0 bridgehead atoms. The molecule has 0 saturated heterocycles. The summed E-state index contributed by atoms with van der Waals surface area (Å²) in [5.74, 6) is -0.929. The highest BCUT2D eigenvalue weighted by molar-refractivity contribution is 14.1. The summed E-state index contributed by atoms with van der Waals surface area (Å²) in [5, 5.41) is 8.44. The van der Waals surface area contributed by atoms with Gasteiger partial charge in [0, 0.05) is 9.50 Å². The van der Waals surface area contributed by atoms with Crippen molar-refractivity contribution in [2.24, 2.45) is 0 Å². The number of alkyl halides is 1. The minimum Gasteiger partial charge on any atom is -0.478 e. The molecule has 10 heavy (non-hydrogen) atoms. The van der Waals surface area contributed by atoms with Crippen LogP contribution in [-0.2, 0) is 4.79 Å². The van der Waals surface area contributed by atoms with E-state index in [0.29, 0.717) is 6.42 Å². The average Bonchev–Trinajstić information content (AvgIpc) is 1.87. The Morgan fingerprint density at radius 1 is 1.80 bits per heavy atom. The van der Waals surface area contributed by atoms with Crippen LogP contribution in [-0.4, -0.2) is 15.0 Å². The lowest BCUT2D eigenvalue weighted by Gasteiger charge is -2.04. The van der Waals surface area contributed by atoms with E-state index in [9.17, 15) is 4.79 Å². The van der Waals surface area contributed by atoms with Crippen molar-refractivity contribution < 1.29 is 9.90 Å². The lowest BCUT2D eigenvalue weighted by molar-refractivity contribution is -0.132. The molecule has 0 rings (SSSR count). The second-order valence-electron chi connectivity index (χ2n) is 1.82. The molecule has 0 aliphatic carbocycles. The fourth-order valence-corrected chi connectivity index (χ4v) is 1.05. The Balaban J connectivity index is 3.94. The zero-order chi connectivity index (χ0) is 8.15. The van der Waals surface area contributed by atoms with Crippen LogP contribution in [0.5, 0.6) is 0 Å². The maximum absolute atomic E-state index is 10.3. The van der Waals surface area contributed by atoms with Crippen molar-refractivity contribution in [2.45, 2.75) is 10.3 Å². The topological polar surface area (TPSA) is 37.3 Å². The molecular formula is C7H9IO2. The molecule has 1 unspecified atom stereocenters. The summed E-state index contributed by atoms with van der Waals surface area (Å²) in [6, 6.07) is 0. The Morgan fingerprint density at radius 2 is 2.30 bits per heavy atom. The summed E-state index contributed by atoms with van der Waals surface area (Å²) < 4.78 is -0.0346. The lowest BCUT2D eigenvalue weighted by atomic mass is 10.2. The summed E-state index contributed by atoms with van der Waals surface area (Å²) in [6.07, 6.45) is 2.34. The summed E-state index contributed by atoms with van der Waals surface area (Å²) in [7, 11) is 0. The third-order valence-corrected chi connectivity index (χ3v) is 2.29. The Kier molecular flexibility index (Phi) is 4.34. The van der Waals surface area contributed by atoms with Gasteiger partial charge in [-0.25, -0.2) is 4.79 Å². The molecule has 0 aromatic rings. The van der Waals surface area contributed by atoms with Gasteiger partial charge in [-0.1, -0.05) is 35.2 Å². The zero-order valence-corrected chi connectivity index (χ0v) is 7.67. The van der Waals surface area contributed by atoms with E-state index in [-0.39, 0.29) is 9.50 Å². The molecule has 0 aromatic carbocycles. The molecule has 1 N–H and O–H groups in total. The molecule has 0 aliphatic heterocycles. The number of rotatable bonds is 4. The Labute approximate surface area is 73.8 Å². The maximum atomic E-state index is 10.3. The van der Waals surface area contributed by atoms with Crippen LogP contribution in [0.4, 0.5) is 0 Å². The van der Waals surface area contributed by atoms with Gasteiger partial charge < -0.3 is 5.11 Å². The van der Waals surface area contributed by atoms with E-state index >= 15 is 0 Å². The second-order valence-corrected chi connectivity index (χ2v) is 3.33. The van der Waals surface area contributed by atoms with E-state index in [1.54, 1.807) is 6.08 Å². The van der Waals surface area contributed by atoms with Crippen LogP contribution in [0.25, 0.3) is 0 Å². The average molecular weight is 252 g/mol. The molecule has 56 valence electrons. The molecule has 0 radical (unpaired) electrons. The van der Waals surface area contributed by atoms with Crippen LogP contribution >= 0.6 is 22.6 Å². The highest BCUT2D eigenvalue weighted by atomic mass is 127. The quantitative estimate of drug-likeness (QED) is 0.359. The van der Waals surface area contributed by atoms with Gasteiger partial charge in [0.1, 0.15) is 0 Å². The highest BCUT2D eigenvalue weighted by Crippen LogP contribution is 2.15. The fraction of sp³-hybridized carbons (Fsp3) is 0.286. The number of carboxylic acids is 1. The summed E-state index contributed by atoms with van der Waals surface area (Å²) in [5.41, 5.74) is 0.237. The van der Waals surface area contributed by atoms with Crippen molar-refractivity contribution in [1.82, 2.24) is 0 Å². The molecule has 0 amide bonds. The first-order valence-electron chi connectivity index (χ1n) is 2.76. The molecule has 0 spiro atoms. The second kappa shape index (κ2) is 4.49. The van der Waals surface area contributed by atoms with Crippen LogP contribution in [0.3, 0.4) is 0 Å². The number of allylic oxidation sites excluding steroid dienone is 1. The van der Waals surface area contributed by atoms with E-state index in [1.165, 1.54) is 0 Å². The summed E-state index contributed by atoms with van der Waals surface area (Å²) in [6.45, 7) is 6.92. The zero-order valence-electron chi connectivity index (χ0n) is 5.51. The van der Waals surface area contributed by atoms with Crippen molar-refractivity contribution in [1.29, 1.82) is 0 Å². The van der Waals surface area contributed by atoms with Gasteiger partial charge >= 0.3 is 5.97 Å². The third kappa shape index (κ3) is 3.00. The maximum Gasteiger partial charge on any atom is 0.332 e. The van der Waals surface area contributed by atoms with Gasteiger partial charge in [0.25, 0.3) is 0 Å². The standard InChI is InChI=1S/C7H9IO2/c1-3-4-6(8)5(2)7(9)10/h3,6H,1-2,4H2,(H,9,10). The van der Waals surface area contributed by atoms with E-state index in [1.807, 2.05) is 22.6 Å². The van der Waals surface area contributed by atoms with Gasteiger partial charge in [-0.15, -0.1) is 6.58 Å². The Hall–Kier alpha value is -0.320. The Morgan fingerprint density at radius 3 is 2.60 bits per heavy atom. The molecule has 0 fully saturated rings. The van der Waals surface area contributed by atoms with Gasteiger partial charge in [-0.3, -0.25) is 0 Å². The van der Waals surface area contributed by atoms with E-state index < -0.39 is 5.97 Å². The van der Waals surface area contributed by atoms with Crippen molar-refractivity contribution >= 4 is 28.6 Å². The lowest BCUT2D eigenvalue weighted by Crippen LogP contribution is -2.09. The predicted octanol–water partition coefficient (Wildman–Crippen LogP) is 2.01.